The molecule has 84 valence electrons. The molecule has 15 heavy (non-hydrogen) atoms. The standard InChI is InChI=1S/C10H14BrNO3/c1-12-8(6-9-13-4-5-14-9)10-7(11)2-3-15-10/h2-3,8-9,12H,4-6H2,1H3. The molecule has 4 nitrogen and oxygen atoms in total. The summed E-state index contributed by atoms with van der Waals surface area (Å²) in [5.41, 5.74) is 0. The number of ether oxygens (including phenoxy) is 2. The first-order valence-electron chi connectivity index (χ1n) is 4.94. The fourth-order valence-corrected chi connectivity index (χ4v) is 2.12. The normalized spacial score (nSPS) is 19.6. The van der Waals surface area contributed by atoms with Gasteiger partial charge in [-0.1, -0.05) is 0 Å². The van der Waals surface area contributed by atoms with Crippen LogP contribution in [0.25, 0.3) is 0 Å². The van der Waals surface area contributed by atoms with Crippen LogP contribution in [-0.4, -0.2) is 26.6 Å². The van der Waals surface area contributed by atoms with Crippen LogP contribution < -0.4 is 5.32 Å². The van der Waals surface area contributed by atoms with Crippen molar-refractivity contribution in [3.8, 4) is 0 Å². The summed E-state index contributed by atoms with van der Waals surface area (Å²) in [4.78, 5) is 0. The highest BCUT2D eigenvalue weighted by Gasteiger charge is 2.24. The molecule has 1 aliphatic heterocycles. The molecule has 5 heteroatoms. The summed E-state index contributed by atoms with van der Waals surface area (Å²) in [6.07, 6.45) is 2.29. The second kappa shape index (κ2) is 5.12. The maximum atomic E-state index is 5.41. The number of halogens is 1. The van der Waals surface area contributed by atoms with Crippen molar-refractivity contribution in [3.05, 3.63) is 22.6 Å². The smallest absolute Gasteiger partial charge is 0.159 e. The van der Waals surface area contributed by atoms with Gasteiger partial charge in [-0.25, -0.2) is 0 Å². The maximum absolute atomic E-state index is 5.41. The second-order valence-corrected chi connectivity index (χ2v) is 4.24. The molecule has 0 spiro atoms. The lowest BCUT2D eigenvalue weighted by Crippen LogP contribution is -2.22. The molecule has 1 aromatic heterocycles. The van der Waals surface area contributed by atoms with Crippen molar-refractivity contribution in [3.63, 3.8) is 0 Å². The van der Waals surface area contributed by atoms with Crippen LogP contribution in [0, 0.1) is 0 Å². The molecule has 1 aliphatic rings. The summed E-state index contributed by atoms with van der Waals surface area (Å²) in [5.74, 6) is 0.886. The van der Waals surface area contributed by atoms with Gasteiger partial charge in [0.15, 0.2) is 6.29 Å². The Labute approximate surface area is 97.1 Å². The van der Waals surface area contributed by atoms with Crippen molar-refractivity contribution >= 4 is 15.9 Å². The Hall–Kier alpha value is -0.360. The zero-order valence-corrected chi connectivity index (χ0v) is 10.1. The van der Waals surface area contributed by atoms with E-state index < -0.39 is 0 Å². The molecule has 0 bridgehead atoms. The van der Waals surface area contributed by atoms with E-state index in [1.807, 2.05) is 13.1 Å². The van der Waals surface area contributed by atoms with Crippen LogP contribution >= 0.6 is 15.9 Å². The molecular formula is C10H14BrNO3. The van der Waals surface area contributed by atoms with Crippen molar-refractivity contribution < 1.29 is 13.9 Å². The SMILES string of the molecule is CNC(CC1OCCO1)c1occc1Br. The number of hydrogen-bond acceptors (Lipinski definition) is 4. The fourth-order valence-electron chi connectivity index (χ4n) is 1.65. The first kappa shape index (κ1) is 11.1. The van der Waals surface area contributed by atoms with Crippen LogP contribution in [0.5, 0.6) is 0 Å². The zero-order chi connectivity index (χ0) is 10.7. The molecule has 1 N–H and O–H groups in total. The topological polar surface area (TPSA) is 43.6 Å². The van der Waals surface area contributed by atoms with Crippen molar-refractivity contribution in [1.29, 1.82) is 0 Å². The lowest BCUT2D eigenvalue weighted by atomic mass is 10.1. The predicted octanol–water partition coefficient (Wildman–Crippen LogP) is 2.07. The van der Waals surface area contributed by atoms with Crippen LogP contribution in [-0.2, 0) is 9.47 Å². The predicted molar refractivity (Wildman–Crippen MR) is 58.5 cm³/mol. The summed E-state index contributed by atoms with van der Waals surface area (Å²) >= 11 is 3.44. The summed E-state index contributed by atoms with van der Waals surface area (Å²) in [5, 5.41) is 3.19. The van der Waals surface area contributed by atoms with Gasteiger partial charge in [0.1, 0.15) is 5.76 Å². The average Bonchev–Trinajstić information content (AvgIpc) is 2.85. The first-order chi connectivity index (χ1) is 7.31. The molecular weight excluding hydrogens is 262 g/mol. The van der Waals surface area contributed by atoms with Gasteiger partial charge in [-0.15, -0.1) is 0 Å². The van der Waals surface area contributed by atoms with Crippen LogP contribution in [0.3, 0.4) is 0 Å². The Morgan fingerprint density at radius 2 is 2.27 bits per heavy atom. The van der Waals surface area contributed by atoms with E-state index >= 15 is 0 Å². The quantitative estimate of drug-likeness (QED) is 0.914. The van der Waals surface area contributed by atoms with Crippen LogP contribution in [0.15, 0.2) is 21.2 Å². The minimum absolute atomic E-state index is 0.109. The molecule has 0 aromatic carbocycles. The largest absolute Gasteiger partial charge is 0.466 e. The van der Waals surface area contributed by atoms with Gasteiger partial charge in [0.25, 0.3) is 0 Å². The minimum atomic E-state index is -0.126. The molecule has 0 amide bonds. The van der Waals surface area contributed by atoms with Gasteiger partial charge in [-0.2, -0.15) is 0 Å². The van der Waals surface area contributed by atoms with E-state index in [4.69, 9.17) is 13.9 Å². The highest BCUT2D eigenvalue weighted by molar-refractivity contribution is 9.10. The van der Waals surface area contributed by atoms with Gasteiger partial charge in [-0.3, -0.25) is 0 Å². The molecule has 1 aromatic rings. The van der Waals surface area contributed by atoms with E-state index in [0.717, 1.165) is 16.7 Å². The molecule has 1 atom stereocenters. The van der Waals surface area contributed by atoms with Crippen LogP contribution in [0.1, 0.15) is 18.2 Å². The third kappa shape index (κ3) is 2.60. The van der Waals surface area contributed by atoms with Gasteiger partial charge >= 0.3 is 0 Å². The maximum Gasteiger partial charge on any atom is 0.159 e. The average molecular weight is 276 g/mol. The van der Waals surface area contributed by atoms with Crippen molar-refractivity contribution in [1.82, 2.24) is 5.32 Å². The van der Waals surface area contributed by atoms with E-state index in [9.17, 15) is 0 Å². The molecule has 0 aliphatic carbocycles. The van der Waals surface area contributed by atoms with E-state index in [1.165, 1.54) is 0 Å². The summed E-state index contributed by atoms with van der Waals surface area (Å²) in [6.45, 7) is 1.36. The molecule has 1 saturated heterocycles. The monoisotopic (exact) mass is 275 g/mol. The Morgan fingerprint density at radius 1 is 1.53 bits per heavy atom. The molecule has 0 radical (unpaired) electrons. The third-order valence-corrected chi connectivity index (χ3v) is 3.08. The summed E-state index contributed by atoms with van der Waals surface area (Å²) < 4.78 is 17.2. The molecule has 0 saturated carbocycles. The van der Waals surface area contributed by atoms with E-state index in [0.29, 0.717) is 13.2 Å². The van der Waals surface area contributed by atoms with Crippen molar-refractivity contribution in [2.75, 3.05) is 20.3 Å². The summed E-state index contributed by atoms with van der Waals surface area (Å²) in [7, 11) is 1.90. The third-order valence-electron chi connectivity index (χ3n) is 2.43. The van der Waals surface area contributed by atoms with Gasteiger partial charge in [0, 0.05) is 6.42 Å². The molecule has 2 rings (SSSR count). The Kier molecular flexibility index (Phi) is 3.80. The van der Waals surface area contributed by atoms with Crippen LogP contribution in [0.4, 0.5) is 0 Å². The van der Waals surface area contributed by atoms with E-state index in [-0.39, 0.29) is 12.3 Å². The number of hydrogen-bond donors (Lipinski definition) is 1. The van der Waals surface area contributed by atoms with Gasteiger partial charge < -0.3 is 19.2 Å². The highest BCUT2D eigenvalue weighted by Crippen LogP contribution is 2.28. The van der Waals surface area contributed by atoms with Gasteiger partial charge in [-0.05, 0) is 29.0 Å². The van der Waals surface area contributed by atoms with Crippen molar-refractivity contribution in [2.45, 2.75) is 18.8 Å². The van der Waals surface area contributed by atoms with Crippen LogP contribution in [0.2, 0.25) is 0 Å². The summed E-state index contributed by atoms with van der Waals surface area (Å²) in [6, 6.07) is 1.99. The lowest BCUT2D eigenvalue weighted by Gasteiger charge is -2.17. The first-order valence-corrected chi connectivity index (χ1v) is 5.74. The lowest BCUT2D eigenvalue weighted by molar-refractivity contribution is -0.0538. The molecule has 2 heterocycles. The van der Waals surface area contributed by atoms with E-state index in [1.54, 1.807) is 6.26 Å². The van der Waals surface area contributed by atoms with Gasteiger partial charge in [0.05, 0.1) is 30.0 Å². The fraction of sp³-hybridized carbons (Fsp3) is 0.600. The number of nitrogens with one attached hydrogen (secondary N) is 1. The Morgan fingerprint density at radius 3 is 2.80 bits per heavy atom. The molecule has 1 unspecified atom stereocenters. The van der Waals surface area contributed by atoms with Gasteiger partial charge in [0.2, 0.25) is 0 Å². The second-order valence-electron chi connectivity index (χ2n) is 3.38. The molecule has 1 fully saturated rings. The number of furan rings is 1. The van der Waals surface area contributed by atoms with E-state index in [2.05, 4.69) is 21.2 Å². The number of rotatable bonds is 4. The Bertz CT molecular complexity index is 309. The van der Waals surface area contributed by atoms with Crippen molar-refractivity contribution in [2.24, 2.45) is 0 Å². The zero-order valence-electron chi connectivity index (χ0n) is 8.53. The Balaban J connectivity index is 2.00. The minimum Gasteiger partial charge on any atom is -0.466 e. The highest BCUT2D eigenvalue weighted by atomic mass is 79.9.